The van der Waals surface area contributed by atoms with Crippen LogP contribution in [0.15, 0.2) is 60.8 Å². The Balaban J connectivity index is 1.63. The third-order valence-corrected chi connectivity index (χ3v) is 6.55. The summed E-state index contributed by atoms with van der Waals surface area (Å²) in [6.45, 7) is 1.94. The van der Waals surface area contributed by atoms with Crippen LogP contribution in [0.2, 0.25) is 0 Å². The largest absolute Gasteiger partial charge is 0.379 e. The predicted molar refractivity (Wildman–Crippen MR) is 106 cm³/mol. The average molecular weight is 385 g/mol. The second kappa shape index (κ2) is 7.82. The molecule has 2 N–H and O–H groups in total. The summed E-state index contributed by atoms with van der Waals surface area (Å²) in [5, 5.41) is 1.11. The van der Waals surface area contributed by atoms with Crippen LogP contribution in [-0.2, 0) is 14.9 Å². The first kappa shape index (κ1) is 18.2. The minimum atomic E-state index is -3.54. The quantitative estimate of drug-likeness (QED) is 0.685. The maximum atomic E-state index is 12.7. The molecule has 1 atom stereocenters. The minimum absolute atomic E-state index is 0.0850. The Kier molecular flexibility index (Phi) is 5.27. The molecule has 2 aromatic carbocycles. The number of para-hydroxylation sites is 1. The van der Waals surface area contributed by atoms with Gasteiger partial charge in [-0.3, -0.25) is 0 Å². The molecule has 2 heterocycles. The predicted octanol–water partition coefficient (Wildman–Crippen LogP) is 2.47. The molecule has 0 saturated carbocycles. The zero-order valence-electron chi connectivity index (χ0n) is 15.0. The van der Waals surface area contributed by atoms with Gasteiger partial charge in [0, 0.05) is 42.7 Å². The Morgan fingerprint density at radius 1 is 1.04 bits per heavy atom. The zero-order chi connectivity index (χ0) is 18.7. The van der Waals surface area contributed by atoms with Crippen molar-refractivity contribution in [3.05, 3.63) is 71.9 Å². The fourth-order valence-electron chi connectivity index (χ4n) is 3.54. The van der Waals surface area contributed by atoms with E-state index in [0.717, 1.165) is 22.0 Å². The van der Waals surface area contributed by atoms with E-state index in [2.05, 4.69) is 15.8 Å². The smallest absolute Gasteiger partial charge is 0.279 e. The van der Waals surface area contributed by atoms with Gasteiger partial charge in [0.2, 0.25) is 0 Å². The number of nitrogens with zero attached hydrogens (tertiary/aromatic N) is 1. The number of fused-ring (bicyclic) bond motifs is 1. The highest BCUT2D eigenvalue weighted by Gasteiger charge is 2.26. The highest BCUT2D eigenvalue weighted by atomic mass is 32.2. The van der Waals surface area contributed by atoms with Gasteiger partial charge >= 0.3 is 0 Å². The topological polar surface area (TPSA) is 74.4 Å². The van der Waals surface area contributed by atoms with Crippen LogP contribution in [0, 0.1) is 0 Å². The van der Waals surface area contributed by atoms with Gasteiger partial charge in [-0.15, -0.1) is 0 Å². The van der Waals surface area contributed by atoms with Crippen LogP contribution < -0.4 is 4.72 Å². The monoisotopic (exact) mass is 385 g/mol. The number of ether oxygens (including phenoxy) is 1. The fraction of sp³-hybridized carbons (Fsp3) is 0.300. The first-order valence-electron chi connectivity index (χ1n) is 9.08. The fourth-order valence-corrected chi connectivity index (χ4v) is 4.73. The van der Waals surface area contributed by atoms with Gasteiger partial charge in [0.1, 0.15) is 0 Å². The molecule has 0 aliphatic carbocycles. The first-order chi connectivity index (χ1) is 13.1. The summed E-state index contributed by atoms with van der Waals surface area (Å²) in [4.78, 5) is 3.29. The molecule has 27 heavy (non-hydrogen) atoms. The van der Waals surface area contributed by atoms with Gasteiger partial charge < -0.3 is 9.72 Å². The van der Waals surface area contributed by atoms with Gasteiger partial charge in [0.05, 0.1) is 13.2 Å². The summed E-state index contributed by atoms with van der Waals surface area (Å²) < 4.78 is 34.9. The van der Waals surface area contributed by atoms with Crippen molar-refractivity contribution in [3.8, 4) is 0 Å². The van der Waals surface area contributed by atoms with Gasteiger partial charge in [-0.25, -0.2) is 4.72 Å². The molecular formula is C20H23N3O3S. The number of H-pyrrole nitrogens is 1. The van der Waals surface area contributed by atoms with Crippen molar-refractivity contribution in [2.45, 2.75) is 5.92 Å². The number of morpholine rings is 1. The van der Waals surface area contributed by atoms with E-state index in [0.29, 0.717) is 32.8 Å². The molecule has 6 nitrogen and oxygen atoms in total. The van der Waals surface area contributed by atoms with E-state index in [4.69, 9.17) is 4.74 Å². The summed E-state index contributed by atoms with van der Waals surface area (Å²) in [6, 6.07) is 18.1. The van der Waals surface area contributed by atoms with Crippen molar-refractivity contribution in [3.63, 3.8) is 0 Å². The Morgan fingerprint density at radius 3 is 2.52 bits per heavy atom. The summed E-state index contributed by atoms with van der Waals surface area (Å²) in [5.74, 6) is -0.0850. The van der Waals surface area contributed by atoms with E-state index in [9.17, 15) is 8.42 Å². The van der Waals surface area contributed by atoms with Crippen molar-refractivity contribution >= 4 is 21.1 Å². The summed E-state index contributed by atoms with van der Waals surface area (Å²) in [6.07, 6.45) is 1.98. The van der Waals surface area contributed by atoms with Crippen LogP contribution in [0.3, 0.4) is 0 Å². The summed E-state index contributed by atoms with van der Waals surface area (Å²) in [5.41, 5.74) is 3.21. The molecule has 0 spiro atoms. The zero-order valence-corrected chi connectivity index (χ0v) is 15.8. The molecule has 1 aromatic heterocycles. The van der Waals surface area contributed by atoms with Gasteiger partial charge in [-0.05, 0) is 17.2 Å². The lowest BCUT2D eigenvalue weighted by Crippen LogP contribution is -2.47. The molecule has 1 saturated heterocycles. The average Bonchev–Trinajstić information content (AvgIpc) is 3.14. The van der Waals surface area contributed by atoms with E-state index in [1.54, 1.807) is 0 Å². The lowest BCUT2D eigenvalue weighted by Gasteiger charge is -2.27. The lowest BCUT2D eigenvalue weighted by molar-refractivity contribution is 0.0725. The molecule has 0 bridgehead atoms. The number of benzene rings is 2. The van der Waals surface area contributed by atoms with Crippen LogP contribution in [0.25, 0.3) is 10.9 Å². The van der Waals surface area contributed by atoms with Gasteiger partial charge in [-0.2, -0.15) is 12.7 Å². The van der Waals surface area contributed by atoms with Crippen LogP contribution in [-0.4, -0.2) is 50.6 Å². The van der Waals surface area contributed by atoms with Crippen LogP contribution in [0.4, 0.5) is 0 Å². The van der Waals surface area contributed by atoms with Gasteiger partial charge in [-0.1, -0.05) is 48.5 Å². The molecular weight excluding hydrogens is 362 g/mol. The number of aromatic amines is 1. The van der Waals surface area contributed by atoms with Crippen molar-refractivity contribution < 1.29 is 13.2 Å². The summed E-state index contributed by atoms with van der Waals surface area (Å²) in [7, 11) is -3.54. The van der Waals surface area contributed by atoms with Crippen molar-refractivity contribution in [1.29, 1.82) is 0 Å². The Labute approximate surface area is 159 Å². The van der Waals surface area contributed by atoms with Crippen LogP contribution >= 0.6 is 0 Å². The highest BCUT2D eigenvalue weighted by molar-refractivity contribution is 7.87. The molecule has 0 radical (unpaired) electrons. The van der Waals surface area contributed by atoms with Gasteiger partial charge in [0.25, 0.3) is 10.2 Å². The van der Waals surface area contributed by atoms with E-state index >= 15 is 0 Å². The van der Waals surface area contributed by atoms with Crippen LogP contribution in [0.1, 0.15) is 17.0 Å². The second-order valence-electron chi connectivity index (χ2n) is 6.62. The Bertz CT molecular complexity index is 995. The molecule has 0 unspecified atom stereocenters. The first-order valence-corrected chi connectivity index (χ1v) is 10.5. The standard InChI is InChI=1S/C20H23N3O3S/c24-27(25,23-10-12-26-13-11-23)22-15-18(16-6-2-1-3-7-16)19-14-21-20-9-5-4-8-17(19)20/h1-9,14,18,21-22H,10-13,15H2/t18-/m1/s1. The maximum absolute atomic E-state index is 12.7. The Morgan fingerprint density at radius 2 is 1.74 bits per heavy atom. The molecule has 4 rings (SSSR count). The van der Waals surface area contributed by atoms with E-state index in [-0.39, 0.29) is 5.92 Å². The molecule has 1 fully saturated rings. The van der Waals surface area contributed by atoms with Crippen molar-refractivity contribution in [1.82, 2.24) is 14.0 Å². The third kappa shape index (κ3) is 3.91. The number of nitrogens with one attached hydrogen (secondary N) is 2. The molecule has 142 valence electrons. The van der Waals surface area contributed by atoms with Gasteiger partial charge in [0.15, 0.2) is 0 Å². The molecule has 1 aliphatic heterocycles. The van der Waals surface area contributed by atoms with E-state index < -0.39 is 10.2 Å². The molecule has 1 aliphatic rings. The second-order valence-corrected chi connectivity index (χ2v) is 8.37. The summed E-state index contributed by atoms with van der Waals surface area (Å²) >= 11 is 0. The maximum Gasteiger partial charge on any atom is 0.279 e. The van der Waals surface area contributed by atoms with E-state index in [1.165, 1.54) is 4.31 Å². The molecule has 7 heteroatoms. The number of hydrogen-bond donors (Lipinski definition) is 2. The molecule has 3 aromatic rings. The number of rotatable bonds is 6. The normalized spacial score (nSPS) is 17.2. The minimum Gasteiger partial charge on any atom is -0.379 e. The van der Waals surface area contributed by atoms with Crippen LogP contribution in [0.5, 0.6) is 0 Å². The van der Waals surface area contributed by atoms with E-state index in [1.807, 2.05) is 54.7 Å². The Hall–Kier alpha value is -2.19. The highest BCUT2D eigenvalue weighted by Crippen LogP contribution is 2.30. The molecule has 0 amide bonds. The number of aromatic nitrogens is 1. The van der Waals surface area contributed by atoms with Crippen molar-refractivity contribution in [2.75, 3.05) is 32.8 Å². The SMILES string of the molecule is O=S(=O)(NC[C@H](c1ccccc1)c1c[nH]c2ccccc12)N1CCOCC1. The van der Waals surface area contributed by atoms with Crippen molar-refractivity contribution in [2.24, 2.45) is 0 Å². The lowest BCUT2D eigenvalue weighted by atomic mass is 9.91. The number of hydrogen-bond acceptors (Lipinski definition) is 3. The third-order valence-electron chi connectivity index (χ3n) is 4.98.